The topological polar surface area (TPSA) is 35.6 Å². The van der Waals surface area contributed by atoms with E-state index in [-0.39, 0.29) is 30.6 Å². The van der Waals surface area contributed by atoms with Crippen LogP contribution in [-0.4, -0.2) is 48.8 Å². The van der Waals surface area contributed by atoms with E-state index in [1.165, 1.54) is 12.1 Å². The van der Waals surface area contributed by atoms with Crippen molar-refractivity contribution >= 4 is 11.7 Å². The summed E-state index contributed by atoms with van der Waals surface area (Å²) in [6.45, 7) is 3.50. The fourth-order valence-electron chi connectivity index (χ4n) is 5.01. The van der Waals surface area contributed by atoms with Crippen molar-refractivity contribution in [1.82, 2.24) is 10.2 Å². The number of nitrogens with one attached hydrogen (secondary N) is 1. The number of rotatable bonds is 2. The number of carbonyl (C=O) groups is 1. The van der Waals surface area contributed by atoms with Crippen molar-refractivity contribution < 1.29 is 22.4 Å². The molecule has 4 nitrogen and oxygen atoms in total. The Balaban J connectivity index is 1.38. The molecule has 3 aliphatic rings. The lowest BCUT2D eigenvalue weighted by molar-refractivity contribution is -0.137. The number of carbonyl (C=O) groups excluding carboxylic acids is 1. The summed E-state index contributed by atoms with van der Waals surface area (Å²) in [4.78, 5) is 16.2. The number of nitrogens with zero attached hydrogens (tertiary/aromatic N) is 2. The van der Waals surface area contributed by atoms with Gasteiger partial charge < -0.3 is 15.1 Å². The third-order valence-electron chi connectivity index (χ3n) is 6.51. The summed E-state index contributed by atoms with van der Waals surface area (Å²) in [7, 11) is 0. The number of hydrogen-bond acceptors (Lipinski definition) is 2. The second kappa shape index (κ2) is 7.12. The maximum absolute atomic E-state index is 13.6. The van der Waals surface area contributed by atoms with Crippen LogP contribution >= 0.6 is 0 Å². The molecule has 2 amide bonds. The lowest BCUT2D eigenvalue weighted by Crippen LogP contribution is -2.48. The summed E-state index contributed by atoms with van der Waals surface area (Å²) in [5.41, 5.74) is 0.132. The third kappa shape index (κ3) is 3.65. The average molecular weight is 399 g/mol. The van der Waals surface area contributed by atoms with Crippen LogP contribution in [0, 0.1) is 11.8 Å². The van der Waals surface area contributed by atoms with Gasteiger partial charge in [0.15, 0.2) is 0 Å². The fourth-order valence-corrected chi connectivity index (χ4v) is 5.01. The van der Waals surface area contributed by atoms with Gasteiger partial charge in [0.05, 0.1) is 12.1 Å². The highest BCUT2D eigenvalue weighted by atomic mass is 19.4. The number of likely N-dealkylation sites (tertiary alicyclic amines) is 1. The van der Waals surface area contributed by atoms with Gasteiger partial charge in [-0.1, -0.05) is 0 Å². The molecule has 1 aromatic rings. The first kappa shape index (κ1) is 19.3. The van der Waals surface area contributed by atoms with E-state index in [1.807, 2.05) is 6.92 Å². The van der Waals surface area contributed by atoms with Crippen LogP contribution < -0.4 is 10.2 Å². The van der Waals surface area contributed by atoms with Gasteiger partial charge in [-0.15, -0.1) is 0 Å². The van der Waals surface area contributed by atoms with Crippen LogP contribution in [0.15, 0.2) is 24.3 Å². The van der Waals surface area contributed by atoms with Crippen molar-refractivity contribution in [3.05, 3.63) is 29.8 Å². The van der Waals surface area contributed by atoms with Crippen molar-refractivity contribution in [3.8, 4) is 0 Å². The molecule has 0 bridgehead atoms. The summed E-state index contributed by atoms with van der Waals surface area (Å²) >= 11 is 0. The van der Waals surface area contributed by atoms with Crippen molar-refractivity contribution in [2.45, 2.75) is 50.6 Å². The number of halogens is 4. The number of alkyl halides is 4. The molecule has 1 aromatic carbocycles. The summed E-state index contributed by atoms with van der Waals surface area (Å²) in [5.74, 6) is 0.683. The van der Waals surface area contributed by atoms with E-state index >= 15 is 0 Å². The lowest BCUT2D eigenvalue weighted by Gasteiger charge is -2.27. The molecule has 4 rings (SSSR count). The zero-order valence-electron chi connectivity index (χ0n) is 15.8. The van der Waals surface area contributed by atoms with Crippen LogP contribution in [0.4, 0.5) is 28.0 Å². The largest absolute Gasteiger partial charge is 0.416 e. The number of hydrogen-bond donors (Lipinski definition) is 1. The van der Waals surface area contributed by atoms with E-state index in [2.05, 4.69) is 10.2 Å². The maximum atomic E-state index is 13.6. The first-order valence-corrected chi connectivity index (χ1v) is 9.86. The van der Waals surface area contributed by atoms with Crippen molar-refractivity contribution in [2.75, 3.05) is 24.5 Å². The Labute approximate surface area is 161 Å². The number of benzene rings is 1. The molecule has 154 valence electrons. The smallest absolute Gasteiger partial charge is 0.371 e. The van der Waals surface area contributed by atoms with Crippen molar-refractivity contribution in [2.24, 2.45) is 11.8 Å². The van der Waals surface area contributed by atoms with Crippen LogP contribution in [0.5, 0.6) is 0 Å². The van der Waals surface area contributed by atoms with Crippen LogP contribution in [0.3, 0.4) is 0 Å². The molecule has 0 spiro atoms. The fraction of sp³-hybridized carbons (Fsp3) is 0.650. The predicted molar refractivity (Wildman–Crippen MR) is 97.9 cm³/mol. The molecule has 1 saturated carbocycles. The molecule has 2 aliphatic heterocycles. The van der Waals surface area contributed by atoms with E-state index in [4.69, 9.17) is 0 Å². The summed E-state index contributed by atoms with van der Waals surface area (Å²) < 4.78 is 51.8. The van der Waals surface area contributed by atoms with E-state index in [1.54, 1.807) is 4.90 Å². The van der Waals surface area contributed by atoms with Gasteiger partial charge in [-0.05, 0) is 49.9 Å². The molecule has 1 N–H and O–H groups in total. The molecule has 2 heterocycles. The number of urea groups is 1. The minimum absolute atomic E-state index is 0.0304. The van der Waals surface area contributed by atoms with Crippen molar-refractivity contribution in [3.63, 3.8) is 0 Å². The van der Waals surface area contributed by atoms with E-state index in [9.17, 15) is 22.4 Å². The monoisotopic (exact) mass is 399 g/mol. The Morgan fingerprint density at radius 3 is 2.43 bits per heavy atom. The molecule has 0 radical (unpaired) electrons. The second-order valence-electron chi connectivity index (χ2n) is 8.34. The highest BCUT2D eigenvalue weighted by Crippen LogP contribution is 2.40. The summed E-state index contributed by atoms with van der Waals surface area (Å²) in [6, 6.07) is 5.00. The van der Waals surface area contributed by atoms with Gasteiger partial charge in [-0.25, -0.2) is 9.18 Å². The Morgan fingerprint density at radius 2 is 1.82 bits per heavy atom. The number of anilines is 1. The Kier molecular flexibility index (Phi) is 4.91. The minimum Gasteiger partial charge on any atom is -0.371 e. The Morgan fingerprint density at radius 1 is 1.11 bits per heavy atom. The minimum atomic E-state index is -4.33. The van der Waals surface area contributed by atoms with Gasteiger partial charge in [-0.2, -0.15) is 13.2 Å². The quantitative estimate of drug-likeness (QED) is 0.762. The number of fused-ring (bicyclic) bond motifs is 1. The molecule has 3 fully saturated rings. The molecule has 5 atom stereocenters. The zero-order chi connectivity index (χ0) is 20.1. The molecule has 28 heavy (non-hydrogen) atoms. The van der Waals surface area contributed by atoms with Crippen LogP contribution in [0.1, 0.15) is 31.7 Å². The maximum Gasteiger partial charge on any atom is 0.416 e. The third-order valence-corrected chi connectivity index (χ3v) is 6.51. The SMILES string of the molecule is CC1C[C@@H](F)CN1C(=O)N[C@H]1CC[C@@H]2CN(c3ccc(C(F)(F)F)cc3)C[C@@H]21. The standard InChI is InChI=1S/C20H25F4N3O/c1-12-8-15(21)10-27(12)19(28)25-18-7-2-13-9-26(11-17(13)18)16-5-3-14(4-6-16)20(22,23)24/h3-6,12-13,15,17-18H,2,7-11H2,1H3,(H,25,28)/t12?,13-,15-,17+,18+/m1/s1. The first-order chi connectivity index (χ1) is 13.2. The van der Waals surface area contributed by atoms with Crippen LogP contribution in [-0.2, 0) is 6.18 Å². The molecule has 2 saturated heterocycles. The summed E-state index contributed by atoms with van der Waals surface area (Å²) in [5, 5.41) is 3.09. The highest BCUT2D eigenvalue weighted by Gasteiger charge is 2.44. The highest BCUT2D eigenvalue weighted by molar-refractivity contribution is 5.75. The second-order valence-corrected chi connectivity index (χ2v) is 8.34. The summed E-state index contributed by atoms with van der Waals surface area (Å²) in [6.07, 6.45) is -3.04. The van der Waals surface area contributed by atoms with E-state index in [0.29, 0.717) is 18.9 Å². The van der Waals surface area contributed by atoms with Crippen molar-refractivity contribution in [1.29, 1.82) is 0 Å². The van der Waals surface area contributed by atoms with Gasteiger partial charge >= 0.3 is 12.2 Å². The first-order valence-electron chi connectivity index (χ1n) is 9.86. The van der Waals surface area contributed by atoms with Crippen LogP contribution in [0.25, 0.3) is 0 Å². The molecular weight excluding hydrogens is 374 g/mol. The Hall–Kier alpha value is -1.99. The van der Waals surface area contributed by atoms with E-state index < -0.39 is 17.9 Å². The molecular formula is C20H25F4N3O. The van der Waals surface area contributed by atoms with Gasteiger partial charge in [0.25, 0.3) is 0 Å². The Bertz CT molecular complexity index is 723. The molecule has 1 aliphatic carbocycles. The van der Waals surface area contributed by atoms with Gasteiger partial charge in [-0.3, -0.25) is 0 Å². The molecule has 1 unspecified atom stereocenters. The normalized spacial score (nSPS) is 32.7. The van der Waals surface area contributed by atoms with Crippen LogP contribution in [0.2, 0.25) is 0 Å². The van der Waals surface area contributed by atoms with Gasteiger partial charge in [0.1, 0.15) is 6.17 Å². The molecule has 8 heteroatoms. The molecule has 0 aromatic heterocycles. The average Bonchev–Trinajstić information content (AvgIpc) is 3.30. The predicted octanol–water partition coefficient (Wildman–Crippen LogP) is 4.06. The lowest BCUT2D eigenvalue weighted by atomic mass is 9.98. The van der Waals surface area contributed by atoms with Gasteiger partial charge in [0.2, 0.25) is 0 Å². The van der Waals surface area contributed by atoms with Gasteiger partial charge in [0, 0.05) is 43.2 Å². The number of amides is 2. The van der Waals surface area contributed by atoms with E-state index in [0.717, 1.165) is 37.2 Å². The zero-order valence-corrected chi connectivity index (χ0v) is 15.8.